The number of aromatic amines is 1. The largest absolute Gasteiger partial charge is 0.339 e. The highest BCUT2D eigenvalue weighted by Gasteiger charge is 2.13. The molecule has 1 aromatic heterocycles. The molecule has 0 fully saturated rings. The molecule has 0 bridgehead atoms. The summed E-state index contributed by atoms with van der Waals surface area (Å²) in [7, 11) is 0. The summed E-state index contributed by atoms with van der Waals surface area (Å²) in [4.78, 5) is 30.8. The van der Waals surface area contributed by atoms with Gasteiger partial charge in [-0.3, -0.25) is 14.7 Å². The standard InChI is InChI=1S/C22H25N5O2S/c1-4-27(5-2)21(29)17-10-12-18(13-11-17)23-19(28)14-30-22-24-20(25-26-22)16-8-6-15(3)7-9-16/h6-13H,4-5,14H2,1-3H3,(H,23,28)(H,24,25,26). The van der Waals surface area contributed by atoms with Crippen LogP contribution < -0.4 is 5.32 Å². The van der Waals surface area contributed by atoms with Crippen molar-refractivity contribution in [2.75, 3.05) is 24.2 Å². The Morgan fingerprint density at radius 2 is 1.70 bits per heavy atom. The van der Waals surface area contributed by atoms with E-state index in [0.717, 1.165) is 5.56 Å². The van der Waals surface area contributed by atoms with Crippen LogP contribution in [0.1, 0.15) is 29.8 Å². The van der Waals surface area contributed by atoms with Crippen LogP contribution in [0.15, 0.2) is 53.7 Å². The van der Waals surface area contributed by atoms with E-state index in [4.69, 9.17) is 0 Å². The number of aromatic nitrogens is 3. The maximum absolute atomic E-state index is 12.3. The fraction of sp³-hybridized carbons (Fsp3) is 0.273. The highest BCUT2D eigenvalue weighted by Crippen LogP contribution is 2.20. The molecule has 0 saturated heterocycles. The van der Waals surface area contributed by atoms with Crippen LogP contribution in [-0.4, -0.2) is 50.7 Å². The Hall–Kier alpha value is -3.13. The molecular formula is C22H25N5O2S. The van der Waals surface area contributed by atoms with Crippen LogP contribution in [0.4, 0.5) is 5.69 Å². The third kappa shape index (κ3) is 5.48. The second kappa shape index (κ2) is 10.1. The zero-order valence-corrected chi connectivity index (χ0v) is 18.1. The van der Waals surface area contributed by atoms with Crippen LogP contribution in [0.5, 0.6) is 0 Å². The number of H-pyrrole nitrogens is 1. The Labute approximate surface area is 180 Å². The minimum atomic E-state index is -0.162. The van der Waals surface area contributed by atoms with Gasteiger partial charge in [0.05, 0.1) is 5.75 Å². The fourth-order valence-electron chi connectivity index (χ4n) is 2.87. The molecule has 0 atom stereocenters. The van der Waals surface area contributed by atoms with E-state index in [9.17, 15) is 9.59 Å². The van der Waals surface area contributed by atoms with Gasteiger partial charge < -0.3 is 10.2 Å². The van der Waals surface area contributed by atoms with Crippen LogP contribution in [0.25, 0.3) is 11.4 Å². The van der Waals surface area contributed by atoms with Crippen molar-refractivity contribution in [3.8, 4) is 11.4 Å². The summed E-state index contributed by atoms with van der Waals surface area (Å²) in [6, 6.07) is 14.9. The van der Waals surface area contributed by atoms with Gasteiger partial charge in [-0.15, -0.1) is 5.10 Å². The normalized spacial score (nSPS) is 10.6. The highest BCUT2D eigenvalue weighted by molar-refractivity contribution is 7.99. The molecule has 1 heterocycles. The number of amides is 2. The van der Waals surface area contributed by atoms with Gasteiger partial charge >= 0.3 is 0 Å². The molecule has 2 aromatic carbocycles. The quantitative estimate of drug-likeness (QED) is 0.535. The van der Waals surface area contributed by atoms with Gasteiger partial charge in [0.25, 0.3) is 5.91 Å². The minimum Gasteiger partial charge on any atom is -0.339 e. The lowest BCUT2D eigenvalue weighted by Crippen LogP contribution is -2.30. The molecule has 0 aliphatic carbocycles. The zero-order valence-electron chi connectivity index (χ0n) is 17.3. The molecule has 0 aliphatic heterocycles. The van der Waals surface area contributed by atoms with E-state index in [2.05, 4.69) is 20.5 Å². The predicted molar refractivity (Wildman–Crippen MR) is 120 cm³/mol. The number of hydrogen-bond acceptors (Lipinski definition) is 5. The first-order chi connectivity index (χ1) is 14.5. The first-order valence-corrected chi connectivity index (χ1v) is 10.8. The van der Waals surface area contributed by atoms with Gasteiger partial charge in [-0.25, -0.2) is 4.98 Å². The van der Waals surface area contributed by atoms with Crippen molar-refractivity contribution in [3.05, 3.63) is 59.7 Å². The van der Waals surface area contributed by atoms with Crippen molar-refractivity contribution >= 4 is 29.3 Å². The van der Waals surface area contributed by atoms with Gasteiger partial charge in [-0.05, 0) is 45.0 Å². The van der Waals surface area contributed by atoms with Gasteiger partial charge in [0.2, 0.25) is 11.1 Å². The molecule has 8 heteroatoms. The van der Waals surface area contributed by atoms with Crippen LogP contribution in [0.2, 0.25) is 0 Å². The number of nitrogens with zero attached hydrogens (tertiary/aromatic N) is 3. The Morgan fingerprint density at radius 3 is 2.33 bits per heavy atom. The Bertz CT molecular complexity index is 995. The van der Waals surface area contributed by atoms with E-state index in [1.165, 1.54) is 17.3 Å². The average molecular weight is 424 g/mol. The molecule has 3 aromatic rings. The number of nitrogens with one attached hydrogen (secondary N) is 2. The Morgan fingerprint density at radius 1 is 1.03 bits per heavy atom. The number of anilines is 1. The predicted octanol–water partition coefficient (Wildman–Crippen LogP) is 3.99. The van der Waals surface area contributed by atoms with Crippen molar-refractivity contribution in [3.63, 3.8) is 0 Å². The monoisotopic (exact) mass is 423 g/mol. The lowest BCUT2D eigenvalue weighted by atomic mass is 10.1. The lowest BCUT2D eigenvalue weighted by Gasteiger charge is -2.18. The minimum absolute atomic E-state index is 0.0116. The molecule has 156 valence electrons. The summed E-state index contributed by atoms with van der Waals surface area (Å²) in [6.07, 6.45) is 0. The van der Waals surface area contributed by atoms with Crippen LogP contribution in [-0.2, 0) is 4.79 Å². The second-order valence-electron chi connectivity index (χ2n) is 6.72. The molecule has 2 N–H and O–H groups in total. The first-order valence-electron chi connectivity index (χ1n) is 9.81. The number of thioether (sulfide) groups is 1. The molecular weight excluding hydrogens is 398 g/mol. The lowest BCUT2D eigenvalue weighted by molar-refractivity contribution is -0.113. The van der Waals surface area contributed by atoms with E-state index in [-0.39, 0.29) is 17.6 Å². The number of hydrogen-bond donors (Lipinski definition) is 2. The summed E-state index contributed by atoms with van der Waals surface area (Å²) in [5.74, 6) is 0.684. The number of aryl methyl sites for hydroxylation is 1. The number of benzene rings is 2. The molecule has 3 rings (SSSR count). The van der Waals surface area contributed by atoms with E-state index >= 15 is 0 Å². The van der Waals surface area contributed by atoms with Gasteiger partial charge in [0.15, 0.2) is 5.82 Å². The molecule has 0 spiro atoms. The van der Waals surface area contributed by atoms with Crippen molar-refractivity contribution in [2.24, 2.45) is 0 Å². The van der Waals surface area contributed by atoms with Crippen molar-refractivity contribution < 1.29 is 9.59 Å². The highest BCUT2D eigenvalue weighted by atomic mass is 32.2. The van der Waals surface area contributed by atoms with Crippen LogP contribution >= 0.6 is 11.8 Å². The van der Waals surface area contributed by atoms with E-state index in [1.54, 1.807) is 29.2 Å². The van der Waals surface area contributed by atoms with E-state index < -0.39 is 0 Å². The zero-order chi connectivity index (χ0) is 21.5. The smallest absolute Gasteiger partial charge is 0.253 e. The SMILES string of the molecule is CCN(CC)C(=O)c1ccc(NC(=O)CSc2n[nH]c(-c3ccc(C)cc3)n2)cc1. The molecule has 2 amide bonds. The maximum Gasteiger partial charge on any atom is 0.253 e. The van der Waals surface area contributed by atoms with Crippen molar-refractivity contribution in [1.29, 1.82) is 0 Å². The van der Waals surface area contributed by atoms with Crippen LogP contribution in [0.3, 0.4) is 0 Å². The maximum atomic E-state index is 12.3. The van der Waals surface area contributed by atoms with Crippen LogP contribution in [0, 0.1) is 6.92 Å². The third-order valence-corrected chi connectivity index (χ3v) is 5.44. The molecule has 7 nitrogen and oxygen atoms in total. The summed E-state index contributed by atoms with van der Waals surface area (Å²) in [6.45, 7) is 7.26. The Kier molecular flexibility index (Phi) is 7.24. The van der Waals surface area contributed by atoms with Gasteiger partial charge in [-0.1, -0.05) is 41.6 Å². The fourth-order valence-corrected chi connectivity index (χ4v) is 3.47. The summed E-state index contributed by atoms with van der Waals surface area (Å²) in [5, 5.41) is 10.4. The second-order valence-corrected chi connectivity index (χ2v) is 7.67. The van der Waals surface area contributed by atoms with Crippen molar-refractivity contribution in [1.82, 2.24) is 20.1 Å². The van der Waals surface area contributed by atoms with Gasteiger partial charge in [-0.2, -0.15) is 0 Å². The molecule has 0 unspecified atom stereocenters. The average Bonchev–Trinajstić information content (AvgIpc) is 3.23. The van der Waals surface area contributed by atoms with E-state index in [1.807, 2.05) is 45.0 Å². The molecule has 0 aliphatic rings. The van der Waals surface area contributed by atoms with Gasteiger partial charge in [0.1, 0.15) is 0 Å². The number of carbonyl (C=O) groups is 2. The number of rotatable bonds is 8. The number of carbonyl (C=O) groups excluding carboxylic acids is 2. The van der Waals surface area contributed by atoms with E-state index in [0.29, 0.717) is 35.3 Å². The molecule has 30 heavy (non-hydrogen) atoms. The van der Waals surface area contributed by atoms with Gasteiger partial charge in [0, 0.05) is 29.9 Å². The topological polar surface area (TPSA) is 91.0 Å². The van der Waals surface area contributed by atoms with Crippen molar-refractivity contribution in [2.45, 2.75) is 25.9 Å². The summed E-state index contributed by atoms with van der Waals surface area (Å²) in [5.41, 5.74) is 3.38. The third-order valence-electron chi connectivity index (χ3n) is 4.59. The summed E-state index contributed by atoms with van der Waals surface area (Å²) < 4.78 is 0. The molecule has 0 radical (unpaired) electrons. The Balaban J connectivity index is 1.52. The first kappa shape index (κ1) is 21.6. The summed E-state index contributed by atoms with van der Waals surface area (Å²) >= 11 is 1.26. The molecule has 0 saturated carbocycles.